The van der Waals surface area contributed by atoms with Crippen LogP contribution in [-0.4, -0.2) is 41.5 Å². The first-order valence-electron chi connectivity index (χ1n) is 6.69. The Balaban J connectivity index is 2.79. The van der Waals surface area contributed by atoms with Gasteiger partial charge in [0.1, 0.15) is 12.1 Å². The third-order valence-electron chi connectivity index (χ3n) is 2.88. The molecule has 0 saturated heterocycles. The van der Waals surface area contributed by atoms with Gasteiger partial charge >= 0.3 is 11.9 Å². The molecule has 2 unspecified atom stereocenters. The van der Waals surface area contributed by atoms with Crippen molar-refractivity contribution in [2.75, 3.05) is 6.61 Å². The van der Waals surface area contributed by atoms with Gasteiger partial charge in [-0.3, -0.25) is 19.7 Å². The monoisotopic (exact) mass is 293 g/mol. The lowest BCUT2D eigenvalue weighted by molar-refractivity contribution is -0.146. The Labute approximate surface area is 123 Å². The zero-order valence-electron chi connectivity index (χ0n) is 12.0. The van der Waals surface area contributed by atoms with Gasteiger partial charge in [-0.25, -0.2) is 0 Å². The topological polar surface area (TPSA) is 92.7 Å². The third-order valence-corrected chi connectivity index (χ3v) is 2.88. The molecule has 2 N–H and O–H groups in total. The predicted octanol–water partition coefficient (Wildman–Crippen LogP) is 1.25. The van der Waals surface area contributed by atoms with Crippen LogP contribution in [0, 0.1) is 0 Å². The van der Waals surface area contributed by atoms with Crippen LogP contribution in [0.5, 0.6) is 0 Å². The van der Waals surface area contributed by atoms with Gasteiger partial charge in [0.25, 0.3) is 0 Å². The molecule has 0 spiro atoms. The molecule has 1 aromatic rings. The molecule has 0 aliphatic rings. The van der Waals surface area contributed by atoms with Crippen molar-refractivity contribution in [3.05, 3.63) is 35.9 Å². The second kappa shape index (κ2) is 8.16. The first-order chi connectivity index (χ1) is 9.95. The zero-order valence-corrected chi connectivity index (χ0v) is 12.0. The standard InChI is InChI=1S/C15H19NO5/c1-3-21-15(20)12(16-10(2)14(18)19)9-13(17)11-7-5-4-6-8-11/h4-8,10,12,16H,3,9H2,1-2H3,(H,18,19). The molecule has 21 heavy (non-hydrogen) atoms. The van der Waals surface area contributed by atoms with E-state index in [0.717, 1.165) is 0 Å². The third kappa shape index (κ3) is 5.35. The molecule has 6 heteroatoms. The van der Waals surface area contributed by atoms with Gasteiger partial charge in [-0.05, 0) is 13.8 Å². The molecular weight excluding hydrogens is 274 g/mol. The van der Waals surface area contributed by atoms with E-state index in [0.29, 0.717) is 5.56 Å². The number of carbonyl (C=O) groups excluding carboxylic acids is 2. The molecule has 0 bridgehead atoms. The van der Waals surface area contributed by atoms with E-state index in [9.17, 15) is 14.4 Å². The summed E-state index contributed by atoms with van der Waals surface area (Å²) >= 11 is 0. The van der Waals surface area contributed by atoms with Crippen LogP contribution in [0.2, 0.25) is 0 Å². The van der Waals surface area contributed by atoms with E-state index < -0.39 is 24.0 Å². The Morgan fingerprint density at radius 1 is 1.24 bits per heavy atom. The van der Waals surface area contributed by atoms with Crippen molar-refractivity contribution < 1.29 is 24.2 Å². The van der Waals surface area contributed by atoms with E-state index in [4.69, 9.17) is 9.84 Å². The predicted molar refractivity (Wildman–Crippen MR) is 76.0 cm³/mol. The molecule has 0 aliphatic carbocycles. The summed E-state index contributed by atoms with van der Waals surface area (Å²) in [4.78, 5) is 34.8. The highest BCUT2D eigenvalue weighted by Crippen LogP contribution is 2.07. The maximum absolute atomic E-state index is 12.1. The van der Waals surface area contributed by atoms with Crippen molar-refractivity contribution in [1.82, 2.24) is 5.32 Å². The van der Waals surface area contributed by atoms with Gasteiger partial charge in [0, 0.05) is 12.0 Å². The van der Waals surface area contributed by atoms with Gasteiger partial charge in [-0.2, -0.15) is 0 Å². The highest BCUT2D eigenvalue weighted by Gasteiger charge is 2.27. The molecular formula is C15H19NO5. The van der Waals surface area contributed by atoms with Crippen molar-refractivity contribution in [2.24, 2.45) is 0 Å². The zero-order chi connectivity index (χ0) is 15.8. The first kappa shape index (κ1) is 16.8. The van der Waals surface area contributed by atoms with Gasteiger partial charge in [-0.1, -0.05) is 30.3 Å². The second-order valence-electron chi connectivity index (χ2n) is 4.52. The van der Waals surface area contributed by atoms with Crippen LogP contribution in [0.4, 0.5) is 0 Å². The number of hydrogen-bond acceptors (Lipinski definition) is 5. The number of esters is 1. The minimum absolute atomic E-state index is 0.152. The summed E-state index contributed by atoms with van der Waals surface area (Å²) < 4.78 is 4.87. The molecule has 0 heterocycles. The van der Waals surface area contributed by atoms with E-state index in [1.54, 1.807) is 37.3 Å². The van der Waals surface area contributed by atoms with Crippen molar-refractivity contribution >= 4 is 17.7 Å². The number of ketones is 1. The highest BCUT2D eigenvalue weighted by molar-refractivity contribution is 5.99. The largest absolute Gasteiger partial charge is 0.480 e. The molecule has 0 aromatic heterocycles. The average molecular weight is 293 g/mol. The summed E-state index contributed by atoms with van der Waals surface area (Å²) in [5, 5.41) is 11.5. The van der Waals surface area contributed by atoms with Crippen LogP contribution in [0.3, 0.4) is 0 Å². The molecule has 114 valence electrons. The van der Waals surface area contributed by atoms with Gasteiger partial charge in [-0.15, -0.1) is 0 Å². The summed E-state index contributed by atoms with van der Waals surface area (Å²) in [6, 6.07) is 6.58. The van der Waals surface area contributed by atoms with Gasteiger partial charge in [0.2, 0.25) is 0 Å². The van der Waals surface area contributed by atoms with Crippen molar-refractivity contribution in [3.63, 3.8) is 0 Å². The SMILES string of the molecule is CCOC(=O)C(CC(=O)c1ccccc1)NC(C)C(=O)O. The number of hydrogen-bond donors (Lipinski definition) is 2. The summed E-state index contributed by atoms with van der Waals surface area (Å²) in [6.45, 7) is 3.22. The number of benzene rings is 1. The number of aliphatic carboxylic acids is 1. The lowest BCUT2D eigenvalue weighted by atomic mass is 10.0. The number of rotatable bonds is 8. The number of nitrogens with one attached hydrogen (secondary N) is 1. The minimum atomic E-state index is -1.10. The lowest BCUT2D eigenvalue weighted by Gasteiger charge is -2.19. The van der Waals surface area contributed by atoms with E-state index in [2.05, 4.69) is 5.32 Å². The molecule has 0 radical (unpaired) electrons. The number of ether oxygens (including phenoxy) is 1. The summed E-state index contributed by atoms with van der Waals surface area (Å²) in [5.74, 6) is -1.98. The maximum Gasteiger partial charge on any atom is 0.323 e. The highest BCUT2D eigenvalue weighted by atomic mass is 16.5. The molecule has 1 rings (SSSR count). The molecule has 2 atom stereocenters. The van der Waals surface area contributed by atoms with Crippen LogP contribution in [-0.2, 0) is 14.3 Å². The Morgan fingerprint density at radius 2 is 1.86 bits per heavy atom. The van der Waals surface area contributed by atoms with E-state index in [1.165, 1.54) is 6.92 Å². The lowest BCUT2D eigenvalue weighted by Crippen LogP contribution is -2.47. The van der Waals surface area contributed by atoms with Crippen molar-refractivity contribution in [3.8, 4) is 0 Å². The van der Waals surface area contributed by atoms with Gasteiger partial charge < -0.3 is 9.84 Å². The fourth-order valence-corrected chi connectivity index (χ4v) is 1.75. The van der Waals surface area contributed by atoms with Gasteiger partial charge in [0.15, 0.2) is 5.78 Å². The molecule has 0 aliphatic heterocycles. The van der Waals surface area contributed by atoms with Gasteiger partial charge in [0.05, 0.1) is 6.61 Å². The summed E-state index contributed by atoms with van der Waals surface area (Å²) in [7, 11) is 0. The molecule has 0 amide bonds. The average Bonchev–Trinajstić information content (AvgIpc) is 2.47. The van der Waals surface area contributed by atoms with Crippen LogP contribution in [0.1, 0.15) is 30.6 Å². The normalized spacial score (nSPS) is 13.2. The summed E-state index contributed by atoms with van der Waals surface area (Å²) in [5.41, 5.74) is 0.469. The molecule has 1 aromatic carbocycles. The molecule has 0 saturated carbocycles. The number of carbonyl (C=O) groups is 3. The minimum Gasteiger partial charge on any atom is -0.480 e. The quantitative estimate of drug-likeness (QED) is 0.553. The Kier molecular flexibility index (Phi) is 6.55. The molecule has 0 fully saturated rings. The Bertz CT molecular complexity index is 500. The number of carboxylic acid groups (broad SMARTS) is 1. The smallest absolute Gasteiger partial charge is 0.323 e. The van der Waals surface area contributed by atoms with E-state index in [-0.39, 0.29) is 18.8 Å². The maximum atomic E-state index is 12.1. The second-order valence-corrected chi connectivity index (χ2v) is 4.52. The first-order valence-corrected chi connectivity index (χ1v) is 6.69. The van der Waals surface area contributed by atoms with Crippen LogP contribution in [0.25, 0.3) is 0 Å². The summed E-state index contributed by atoms with van der Waals surface area (Å²) in [6.07, 6.45) is -0.152. The fourth-order valence-electron chi connectivity index (χ4n) is 1.75. The fraction of sp³-hybridized carbons (Fsp3) is 0.400. The van der Waals surface area contributed by atoms with E-state index >= 15 is 0 Å². The van der Waals surface area contributed by atoms with Crippen molar-refractivity contribution in [1.29, 1.82) is 0 Å². The Morgan fingerprint density at radius 3 is 2.38 bits per heavy atom. The van der Waals surface area contributed by atoms with Crippen LogP contribution >= 0.6 is 0 Å². The van der Waals surface area contributed by atoms with Crippen LogP contribution < -0.4 is 5.32 Å². The number of Topliss-reactive ketones (excluding diaryl/α,β-unsaturated/α-hetero) is 1. The van der Waals surface area contributed by atoms with Crippen molar-refractivity contribution in [2.45, 2.75) is 32.4 Å². The van der Waals surface area contributed by atoms with Crippen LogP contribution in [0.15, 0.2) is 30.3 Å². The number of carboxylic acids is 1. The Hall–Kier alpha value is -2.21. The molecule has 6 nitrogen and oxygen atoms in total. The van der Waals surface area contributed by atoms with E-state index in [1.807, 2.05) is 0 Å².